The second-order valence-corrected chi connectivity index (χ2v) is 7.20. The summed E-state index contributed by atoms with van der Waals surface area (Å²) in [5.41, 5.74) is 1.71. The number of carbonyl (C=O) groups is 1. The van der Waals surface area contributed by atoms with Crippen molar-refractivity contribution in [2.45, 2.75) is 6.92 Å². The smallest absolute Gasteiger partial charge is 0.178 e. The summed E-state index contributed by atoms with van der Waals surface area (Å²) in [6.07, 6.45) is 1.54. The van der Waals surface area contributed by atoms with Gasteiger partial charge in [0.05, 0.1) is 28.5 Å². The van der Waals surface area contributed by atoms with Crippen molar-refractivity contribution in [2.24, 2.45) is 5.84 Å². The molecule has 1 heterocycles. The topological polar surface area (TPSA) is 71.2 Å². The minimum Gasteiger partial charge on any atom is -0.340 e. The Labute approximate surface area is 159 Å². The number of nitrogens with one attached hydrogen (secondary N) is 1. The molecule has 0 amide bonds. The molecule has 126 valence electrons. The number of benzene rings is 1. The first-order chi connectivity index (χ1) is 11.4. The van der Waals surface area contributed by atoms with E-state index >= 15 is 0 Å². The second kappa shape index (κ2) is 8.64. The lowest BCUT2D eigenvalue weighted by atomic mass is 10.2. The summed E-state index contributed by atoms with van der Waals surface area (Å²) in [4.78, 5) is 15.3. The van der Waals surface area contributed by atoms with Gasteiger partial charge < -0.3 is 5.32 Å². The summed E-state index contributed by atoms with van der Waals surface area (Å²) < 4.78 is 0.503. The van der Waals surface area contributed by atoms with Gasteiger partial charge in [-0.05, 0) is 30.3 Å². The van der Waals surface area contributed by atoms with Gasteiger partial charge in [0.15, 0.2) is 5.78 Å². The number of hydrogen-bond donors (Lipinski definition) is 2. The molecular formula is C15H14Cl2N4OS2. The van der Waals surface area contributed by atoms with Crippen LogP contribution in [-0.2, 0) is 0 Å². The zero-order chi connectivity index (χ0) is 17.7. The number of anilines is 2. The average molecular weight is 401 g/mol. The third-order valence-corrected chi connectivity index (χ3v) is 4.73. The fraction of sp³-hybridized carbons (Fsp3) is 0.133. The van der Waals surface area contributed by atoms with Gasteiger partial charge in [0.2, 0.25) is 0 Å². The maximum atomic E-state index is 11.2. The van der Waals surface area contributed by atoms with Gasteiger partial charge in [-0.15, -0.1) is 0 Å². The average Bonchev–Trinajstić information content (AvgIpc) is 2.56. The molecule has 0 fully saturated rings. The molecule has 0 aliphatic rings. The van der Waals surface area contributed by atoms with Crippen LogP contribution in [0.25, 0.3) is 0 Å². The zero-order valence-electron chi connectivity index (χ0n) is 12.6. The van der Waals surface area contributed by atoms with Gasteiger partial charge in [-0.2, -0.15) is 0 Å². The largest absolute Gasteiger partial charge is 0.340 e. The molecule has 3 N–H and O–H groups in total. The minimum absolute atomic E-state index is 0.0942. The Hall–Kier alpha value is -1.38. The van der Waals surface area contributed by atoms with Crippen molar-refractivity contribution >= 4 is 68.7 Å². The lowest BCUT2D eigenvalue weighted by Gasteiger charge is -2.18. The van der Waals surface area contributed by atoms with E-state index in [4.69, 9.17) is 41.3 Å². The molecule has 2 rings (SSSR count). The molecule has 0 unspecified atom stereocenters. The molecule has 2 aromatic rings. The number of thioether (sulfide) groups is 1. The third kappa shape index (κ3) is 5.32. The molecule has 0 aliphatic heterocycles. The van der Waals surface area contributed by atoms with Gasteiger partial charge in [-0.1, -0.05) is 47.2 Å². The molecule has 0 radical (unpaired) electrons. The van der Waals surface area contributed by atoms with E-state index in [1.165, 1.54) is 23.7 Å². The second-order valence-electron chi connectivity index (χ2n) is 4.74. The van der Waals surface area contributed by atoms with Crippen molar-refractivity contribution in [3.05, 3.63) is 52.3 Å². The van der Waals surface area contributed by atoms with Crippen molar-refractivity contribution < 1.29 is 4.79 Å². The summed E-state index contributed by atoms with van der Waals surface area (Å²) in [6, 6.07) is 8.45. The Balaban J connectivity index is 1.91. The van der Waals surface area contributed by atoms with E-state index in [1.54, 1.807) is 36.5 Å². The monoisotopic (exact) mass is 400 g/mol. The van der Waals surface area contributed by atoms with Crippen LogP contribution in [0.4, 0.5) is 11.4 Å². The number of nitrogens with two attached hydrogens (primary N) is 1. The number of hydrazine groups is 1. The molecule has 0 bridgehead atoms. The molecule has 5 nitrogen and oxygen atoms in total. The number of halogens is 2. The summed E-state index contributed by atoms with van der Waals surface area (Å²) in [5, 5.41) is 5.58. The number of hydrogen-bond acceptors (Lipinski definition) is 6. The van der Waals surface area contributed by atoms with Crippen LogP contribution in [0, 0.1) is 0 Å². The van der Waals surface area contributed by atoms with Gasteiger partial charge in [-0.25, -0.2) is 5.84 Å². The number of pyridine rings is 1. The van der Waals surface area contributed by atoms with E-state index in [0.717, 1.165) is 0 Å². The minimum atomic E-state index is -0.0942. The van der Waals surface area contributed by atoms with E-state index < -0.39 is 0 Å². The van der Waals surface area contributed by atoms with Crippen LogP contribution >= 0.6 is 47.2 Å². The summed E-state index contributed by atoms with van der Waals surface area (Å²) in [6.45, 7) is 1.46. The van der Waals surface area contributed by atoms with Crippen molar-refractivity contribution in [1.82, 2.24) is 4.98 Å². The summed E-state index contributed by atoms with van der Waals surface area (Å²) >= 11 is 18.6. The van der Waals surface area contributed by atoms with Crippen LogP contribution in [0.2, 0.25) is 10.0 Å². The normalized spacial score (nSPS) is 10.3. The first-order valence-electron chi connectivity index (χ1n) is 6.75. The van der Waals surface area contributed by atoms with E-state index in [9.17, 15) is 4.79 Å². The number of aromatic nitrogens is 1. The fourth-order valence-electron chi connectivity index (χ4n) is 1.71. The molecule has 0 saturated heterocycles. The molecule has 0 atom stereocenters. The molecular weight excluding hydrogens is 387 g/mol. The number of carbonyl (C=O) groups excluding carboxylic acids is 1. The van der Waals surface area contributed by atoms with Crippen molar-refractivity contribution in [2.75, 3.05) is 16.2 Å². The predicted molar refractivity (Wildman–Crippen MR) is 106 cm³/mol. The van der Waals surface area contributed by atoms with E-state index in [-0.39, 0.29) is 5.78 Å². The first-order valence-corrected chi connectivity index (χ1v) is 8.90. The van der Waals surface area contributed by atoms with Crippen LogP contribution in [0.15, 0.2) is 36.5 Å². The standard InChI is InChI=1S/C15H14Cl2N4OS2/c1-9(22)13-5-3-11(7-19-13)21(18)8-24-15(23)20-14-6-10(16)2-4-12(14)17/h2-7H,8,18H2,1H3,(H,20,23). The number of thiocarbonyl (C=S) groups is 1. The molecule has 9 heteroatoms. The highest BCUT2D eigenvalue weighted by atomic mass is 35.5. The van der Waals surface area contributed by atoms with E-state index in [2.05, 4.69) is 10.3 Å². The molecule has 0 aliphatic carbocycles. The van der Waals surface area contributed by atoms with Crippen molar-refractivity contribution in [3.63, 3.8) is 0 Å². The first kappa shape index (κ1) is 19.0. The highest BCUT2D eigenvalue weighted by molar-refractivity contribution is 8.23. The zero-order valence-corrected chi connectivity index (χ0v) is 15.8. The Kier molecular flexibility index (Phi) is 6.82. The molecule has 0 saturated carbocycles. The van der Waals surface area contributed by atoms with E-state index in [0.29, 0.717) is 37.3 Å². The number of rotatable bonds is 5. The van der Waals surface area contributed by atoms with Crippen LogP contribution in [-0.4, -0.2) is 21.0 Å². The van der Waals surface area contributed by atoms with Gasteiger partial charge in [0.25, 0.3) is 0 Å². The maximum Gasteiger partial charge on any atom is 0.178 e. The van der Waals surface area contributed by atoms with Crippen molar-refractivity contribution in [3.8, 4) is 0 Å². The lowest BCUT2D eigenvalue weighted by Crippen LogP contribution is -2.31. The number of nitrogens with zero attached hydrogens (tertiary/aromatic N) is 2. The fourth-order valence-corrected chi connectivity index (χ4v) is 2.90. The van der Waals surface area contributed by atoms with Crippen LogP contribution < -0.4 is 16.2 Å². The molecule has 24 heavy (non-hydrogen) atoms. The quantitative estimate of drug-likeness (QED) is 0.254. The van der Waals surface area contributed by atoms with Crippen LogP contribution in [0.5, 0.6) is 0 Å². The van der Waals surface area contributed by atoms with Gasteiger partial charge >= 0.3 is 0 Å². The highest BCUT2D eigenvalue weighted by Crippen LogP contribution is 2.26. The Morgan fingerprint density at radius 3 is 2.75 bits per heavy atom. The molecule has 1 aromatic carbocycles. The molecule has 0 spiro atoms. The van der Waals surface area contributed by atoms with Crippen LogP contribution in [0.3, 0.4) is 0 Å². The van der Waals surface area contributed by atoms with Gasteiger partial charge in [-0.3, -0.25) is 14.8 Å². The lowest BCUT2D eigenvalue weighted by molar-refractivity contribution is 0.101. The highest BCUT2D eigenvalue weighted by Gasteiger charge is 2.08. The maximum absolute atomic E-state index is 11.2. The van der Waals surface area contributed by atoms with Crippen LogP contribution in [0.1, 0.15) is 17.4 Å². The predicted octanol–water partition coefficient (Wildman–Crippen LogP) is 4.36. The third-order valence-electron chi connectivity index (χ3n) is 2.94. The SMILES string of the molecule is CC(=O)c1ccc(N(N)CSC(=S)Nc2cc(Cl)ccc2Cl)cn1. The Bertz CT molecular complexity index is 756. The Morgan fingerprint density at radius 1 is 1.38 bits per heavy atom. The molecule has 1 aromatic heterocycles. The number of ketones is 1. The van der Waals surface area contributed by atoms with E-state index in [1.807, 2.05) is 0 Å². The number of Topliss-reactive ketones (excluding diaryl/α,β-unsaturated/α-hetero) is 1. The summed E-state index contributed by atoms with van der Waals surface area (Å²) in [5.74, 6) is 6.27. The Morgan fingerprint density at radius 2 is 2.12 bits per heavy atom. The van der Waals surface area contributed by atoms with Gasteiger partial charge in [0.1, 0.15) is 10.0 Å². The van der Waals surface area contributed by atoms with Gasteiger partial charge in [0, 0.05) is 11.9 Å². The van der Waals surface area contributed by atoms with Crippen molar-refractivity contribution in [1.29, 1.82) is 0 Å². The summed E-state index contributed by atoms with van der Waals surface area (Å²) in [7, 11) is 0.